The number of amides is 2. The third kappa shape index (κ3) is 7.72. The number of benzene rings is 1. The van der Waals surface area contributed by atoms with Crippen molar-refractivity contribution >= 4 is 23.0 Å². The molecule has 46 heavy (non-hydrogen) atoms. The van der Waals surface area contributed by atoms with Crippen LogP contribution in [0.1, 0.15) is 68.7 Å². The Morgan fingerprint density at radius 1 is 1.09 bits per heavy atom. The molecule has 2 aromatic heterocycles. The lowest BCUT2D eigenvalue weighted by Crippen LogP contribution is -2.58. The lowest BCUT2D eigenvalue weighted by Gasteiger charge is -2.42. The van der Waals surface area contributed by atoms with E-state index in [0.29, 0.717) is 46.8 Å². The highest BCUT2D eigenvalue weighted by atomic mass is 19.4. The second kappa shape index (κ2) is 13.4. The minimum Gasteiger partial charge on any atom is -0.468 e. The van der Waals surface area contributed by atoms with Crippen molar-refractivity contribution in [2.24, 2.45) is 0 Å². The fourth-order valence-corrected chi connectivity index (χ4v) is 5.81. The van der Waals surface area contributed by atoms with Gasteiger partial charge in [-0.2, -0.15) is 18.3 Å². The first-order valence-electron chi connectivity index (χ1n) is 15.3. The Morgan fingerprint density at radius 2 is 1.83 bits per heavy atom. The number of carbonyl (C=O) groups excluding carboxylic acids is 2. The molecule has 2 aliphatic heterocycles. The number of carbonyl (C=O) groups is 2. The van der Waals surface area contributed by atoms with E-state index >= 15 is 0 Å². The summed E-state index contributed by atoms with van der Waals surface area (Å²) in [5.74, 6) is -0.0312. The number of methoxy groups -OCH3 is 1. The minimum atomic E-state index is -4.58. The van der Waals surface area contributed by atoms with Gasteiger partial charge in [-0.15, -0.1) is 0 Å². The summed E-state index contributed by atoms with van der Waals surface area (Å²) >= 11 is 0. The topological polar surface area (TPSA) is 108 Å². The van der Waals surface area contributed by atoms with E-state index in [1.165, 1.54) is 16.9 Å². The molecule has 2 saturated heterocycles. The zero-order valence-electron chi connectivity index (χ0n) is 26.7. The summed E-state index contributed by atoms with van der Waals surface area (Å²) in [6, 6.07) is 7.32. The number of halogens is 3. The lowest BCUT2D eigenvalue weighted by molar-refractivity contribution is -0.149. The smallest absolute Gasteiger partial charge is 0.410 e. The van der Waals surface area contributed by atoms with Crippen molar-refractivity contribution in [3.05, 3.63) is 41.6 Å². The fraction of sp³-hybridized carbons (Fsp3) is 0.562. The van der Waals surface area contributed by atoms with Crippen LogP contribution in [0, 0.1) is 6.92 Å². The summed E-state index contributed by atoms with van der Waals surface area (Å²) in [6.45, 7) is 7.02. The van der Waals surface area contributed by atoms with Crippen LogP contribution in [0.4, 0.5) is 18.0 Å². The molecule has 0 spiro atoms. The van der Waals surface area contributed by atoms with Crippen LogP contribution in [0.5, 0.6) is 5.75 Å². The number of fused-ring (bicyclic) bond motifs is 1. The quantitative estimate of drug-likeness (QED) is 0.283. The van der Waals surface area contributed by atoms with E-state index < -0.39 is 42.5 Å². The molecule has 0 N–H and O–H groups in total. The first-order chi connectivity index (χ1) is 21.7. The van der Waals surface area contributed by atoms with Crippen LogP contribution in [0.2, 0.25) is 0 Å². The van der Waals surface area contributed by atoms with Crippen LogP contribution in [0.25, 0.3) is 22.3 Å². The predicted octanol–water partition coefficient (Wildman–Crippen LogP) is 6.10. The minimum absolute atomic E-state index is 0.0210. The molecule has 2 fully saturated rings. The molecular formula is C32H40F3N5O6. The van der Waals surface area contributed by atoms with Crippen molar-refractivity contribution in [1.82, 2.24) is 24.6 Å². The van der Waals surface area contributed by atoms with Gasteiger partial charge >= 0.3 is 12.3 Å². The van der Waals surface area contributed by atoms with E-state index in [0.717, 1.165) is 12.8 Å². The molecule has 2 aliphatic rings. The number of piperazine rings is 1. The number of aryl methyl sites for hydroxylation is 1. The molecule has 2 unspecified atom stereocenters. The summed E-state index contributed by atoms with van der Waals surface area (Å²) in [6.07, 6.45) is -4.41. The number of rotatable bonds is 7. The maximum Gasteiger partial charge on any atom is 0.410 e. The highest BCUT2D eigenvalue weighted by Gasteiger charge is 2.42. The van der Waals surface area contributed by atoms with E-state index in [-0.39, 0.29) is 32.0 Å². The third-order valence-corrected chi connectivity index (χ3v) is 7.85. The van der Waals surface area contributed by atoms with Crippen molar-refractivity contribution in [2.45, 2.75) is 77.4 Å². The van der Waals surface area contributed by atoms with Crippen molar-refractivity contribution in [3.8, 4) is 17.0 Å². The maximum atomic E-state index is 14.4. The van der Waals surface area contributed by atoms with Crippen LogP contribution in [-0.2, 0) is 14.2 Å². The standard InChI is InChI=1S/C32H40F3N5O6/c1-20-27-24(29(41)39-14-13-38(30(42)46-31(2,3)4)18-22(39)17-32(33,34)35)16-25(21-9-11-23(12-10-21)45-19-43-5)36-28(27)40(37-20)26-8-6-7-15-44-26/h9-12,16,22,26H,6-8,13-15,17-19H2,1-5H3. The van der Waals surface area contributed by atoms with Gasteiger partial charge in [0.25, 0.3) is 5.91 Å². The number of pyridine rings is 1. The molecule has 0 aliphatic carbocycles. The zero-order valence-corrected chi connectivity index (χ0v) is 26.7. The van der Waals surface area contributed by atoms with Gasteiger partial charge in [-0.25, -0.2) is 14.5 Å². The SMILES string of the molecule is COCOc1ccc(-c2cc(C(=O)N3CCN(C(=O)OC(C)(C)C)CC3CC(F)(F)F)c3c(C)nn(C4CCCCO4)c3n2)cc1. The Balaban J connectivity index is 1.57. The lowest BCUT2D eigenvalue weighted by atomic mass is 10.0. The summed E-state index contributed by atoms with van der Waals surface area (Å²) in [5.41, 5.74) is 1.37. The van der Waals surface area contributed by atoms with Crippen molar-refractivity contribution in [2.75, 3.05) is 40.1 Å². The molecule has 4 heterocycles. The van der Waals surface area contributed by atoms with Crippen molar-refractivity contribution in [1.29, 1.82) is 0 Å². The molecule has 1 aromatic carbocycles. The van der Waals surface area contributed by atoms with Gasteiger partial charge in [-0.1, -0.05) is 0 Å². The number of alkyl halides is 3. The van der Waals surface area contributed by atoms with Gasteiger partial charge in [0.2, 0.25) is 0 Å². The molecule has 0 saturated carbocycles. The van der Waals surface area contributed by atoms with Crippen molar-refractivity contribution < 1.29 is 41.7 Å². The van der Waals surface area contributed by atoms with Gasteiger partial charge < -0.3 is 28.7 Å². The number of nitrogens with zero attached hydrogens (tertiary/aromatic N) is 5. The third-order valence-electron chi connectivity index (χ3n) is 7.85. The van der Waals surface area contributed by atoms with E-state index in [1.807, 2.05) is 0 Å². The van der Waals surface area contributed by atoms with E-state index in [9.17, 15) is 22.8 Å². The van der Waals surface area contributed by atoms with Crippen LogP contribution >= 0.6 is 0 Å². The normalized spacial score (nSPS) is 19.4. The Kier molecular flexibility index (Phi) is 9.78. The van der Waals surface area contributed by atoms with Gasteiger partial charge in [0.05, 0.1) is 34.8 Å². The largest absolute Gasteiger partial charge is 0.468 e. The van der Waals surface area contributed by atoms with Crippen molar-refractivity contribution in [3.63, 3.8) is 0 Å². The van der Waals surface area contributed by atoms with Crippen LogP contribution < -0.4 is 4.74 Å². The molecule has 0 radical (unpaired) electrons. The number of ether oxygens (including phenoxy) is 4. The van der Waals surface area contributed by atoms with Gasteiger partial charge in [-0.05, 0) is 77.3 Å². The van der Waals surface area contributed by atoms with Gasteiger partial charge in [0, 0.05) is 38.9 Å². The summed E-state index contributed by atoms with van der Waals surface area (Å²) in [4.78, 5) is 34.5. The highest BCUT2D eigenvalue weighted by Crippen LogP contribution is 2.34. The van der Waals surface area contributed by atoms with Gasteiger partial charge in [0.15, 0.2) is 18.7 Å². The predicted molar refractivity (Wildman–Crippen MR) is 162 cm³/mol. The monoisotopic (exact) mass is 647 g/mol. The molecular weight excluding hydrogens is 607 g/mol. The van der Waals surface area contributed by atoms with Gasteiger partial charge in [0.1, 0.15) is 11.4 Å². The second-order valence-corrected chi connectivity index (χ2v) is 12.6. The summed E-state index contributed by atoms with van der Waals surface area (Å²) in [7, 11) is 1.52. The highest BCUT2D eigenvalue weighted by molar-refractivity contribution is 6.07. The molecule has 5 rings (SSSR count). The maximum absolute atomic E-state index is 14.4. The Labute approximate surface area is 265 Å². The average Bonchev–Trinajstić information content (AvgIpc) is 3.34. The van der Waals surface area contributed by atoms with E-state index in [1.54, 1.807) is 62.7 Å². The molecule has 3 aromatic rings. The average molecular weight is 648 g/mol. The number of hydrogen-bond donors (Lipinski definition) is 0. The first kappa shape index (κ1) is 33.5. The summed E-state index contributed by atoms with van der Waals surface area (Å²) in [5, 5.41) is 5.15. The number of aromatic nitrogens is 3. The zero-order chi connectivity index (χ0) is 33.2. The summed E-state index contributed by atoms with van der Waals surface area (Å²) < 4.78 is 65.2. The molecule has 250 valence electrons. The second-order valence-electron chi connectivity index (χ2n) is 12.6. The molecule has 2 amide bonds. The van der Waals surface area contributed by atoms with Crippen LogP contribution in [0.15, 0.2) is 30.3 Å². The Hall–Kier alpha value is -3.91. The van der Waals surface area contributed by atoms with E-state index in [4.69, 9.17) is 29.0 Å². The Morgan fingerprint density at radius 3 is 2.46 bits per heavy atom. The Bertz CT molecular complexity index is 1550. The molecule has 14 heteroatoms. The molecule has 0 bridgehead atoms. The van der Waals surface area contributed by atoms with E-state index in [2.05, 4.69) is 0 Å². The van der Waals surface area contributed by atoms with Gasteiger partial charge in [-0.3, -0.25) is 4.79 Å². The van der Waals surface area contributed by atoms with Crippen LogP contribution in [0.3, 0.4) is 0 Å². The first-order valence-corrected chi connectivity index (χ1v) is 15.3. The molecule has 2 atom stereocenters. The fourth-order valence-electron chi connectivity index (χ4n) is 5.81. The van der Waals surface area contributed by atoms with Crippen LogP contribution in [-0.4, -0.2) is 94.5 Å². The molecule has 11 nitrogen and oxygen atoms in total. The number of hydrogen-bond acceptors (Lipinski definition) is 8.